The predicted molar refractivity (Wildman–Crippen MR) is 91.4 cm³/mol. The van der Waals surface area contributed by atoms with Crippen LogP contribution < -0.4 is 10.2 Å². The van der Waals surface area contributed by atoms with Gasteiger partial charge in [-0.05, 0) is 32.0 Å². The Balaban J connectivity index is 2.16. The van der Waals surface area contributed by atoms with E-state index in [1.165, 1.54) is 16.3 Å². The minimum Gasteiger partial charge on any atom is -0.354 e. The molecule has 0 aliphatic carbocycles. The standard InChI is InChI=1S/C15H23ClN4S/c1-5-8-17-9-13-11(2)18-20(4)15(13)19(3)10-12-6-7-14(16)21-12/h6-7,17H,5,8-10H2,1-4H3. The van der Waals surface area contributed by atoms with E-state index in [0.29, 0.717) is 0 Å². The van der Waals surface area contributed by atoms with Crippen LogP contribution in [0.2, 0.25) is 4.34 Å². The number of nitrogens with zero attached hydrogens (tertiary/aromatic N) is 3. The Morgan fingerprint density at radius 3 is 2.81 bits per heavy atom. The summed E-state index contributed by atoms with van der Waals surface area (Å²) in [5, 5.41) is 8.04. The fourth-order valence-corrected chi connectivity index (χ4v) is 3.65. The van der Waals surface area contributed by atoms with E-state index < -0.39 is 0 Å². The van der Waals surface area contributed by atoms with Gasteiger partial charge in [0.15, 0.2) is 0 Å². The summed E-state index contributed by atoms with van der Waals surface area (Å²) in [6.07, 6.45) is 1.14. The molecule has 0 spiro atoms. The highest BCUT2D eigenvalue weighted by atomic mass is 35.5. The first-order chi connectivity index (χ1) is 10.0. The van der Waals surface area contributed by atoms with Crippen molar-refractivity contribution in [3.63, 3.8) is 0 Å². The van der Waals surface area contributed by atoms with Crippen molar-refractivity contribution in [1.82, 2.24) is 15.1 Å². The molecule has 6 heteroatoms. The molecule has 0 aliphatic rings. The molecule has 2 heterocycles. The highest BCUT2D eigenvalue weighted by Gasteiger charge is 2.17. The van der Waals surface area contributed by atoms with Crippen LogP contribution in [0, 0.1) is 6.92 Å². The van der Waals surface area contributed by atoms with Crippen molar-refractivity contribution in [3.05, 3.63) is 32.6 Å². The average molecular weight is 327 g/mol. The summed E-state index contributed by atoms with van der Waals surface area (Å²) in [4.78, 5) is 3.50. The fraction of sp³-hybridized carbons (Fsp3) is 0.533. The molecular weight excluding hydrogens is 304 g/mol. The van der Waals surface area contributed by atoms with E-state index in [4.69, 9.17) is 11.6 Å². The maximum Gasteiger partial charge on any atom is 0.131 e. The van der Waals surface area contributed by atoms with E-state index >= 15 is 0 Å². The second-order valence-electron chi connectivity index (χ2n) is 5.25. The number of aryl methyl sites for hydroxylation is 2. The molecule has 2 rings (SSSR count). The third-order valence-corrected chi connectivity index (χ3v) is 4.64. The van der Waals surface area contributed by atoms with Gasteiger partial charge in [0.2, 0.25) is 0 Å². The van der Waals surface area contributed by atoms with E-state index in [1.807, 2.05) is 17.8 Å². The van der Waals surface area contributed by atoms with Crippen LogP contribution in [-0.4, -0.2) is 23.4 Å². The Labute approximate surface area is 135 Å². The Morgan fingerprint density at radius 1 is 1.43 bits per heavy atom. The first kappa shape index (κ1) is 16.3. The van der Waals surface area contributed by atoms with Crippen LogP contribution in [0.15, 0.2) is 12.1 Å². The van der Waals surface area contributed by atoms with Crippen LogP contribution in [-0.2, 0) is 20.1 Å². The van der Waals surface area contributed by atoms with Gasteiger partial charge >= 0.3 is 0 Å². The molecule has 116 valence electrons. The zero-order valence-corrected chi connectivity index (χ0v) is 14.7. The summed E-state index contributed by atoms with van der Waals surface area (Å²) in [6.45, 7) is 6.98. The molecule has 0 amide bonds. The summed E-state index contributed by atoms with van der Waals surface area (Å²) >= 11 is 7.64. The van der Waals surface area contributed by atoms with Crippen molar-refractivity contribution < 1.29 is 0 Å². The molecule has 2 aromatic heterocycles. The number of rotatable bonds is 7. The number of thiophene rings is 1. The smallest absolute Gasteiger partial charge is 0.131 e. The first-order valence-electron chi connectivity index (χ1n) is 7.21. The molecule has 4 nitrogen and oxygen atoms in total. The van der Waals surface area contributed by atoms with Crippen LogP contribution in [0.1, 0.15) is 29.5 Å². The molecule has 1 N–H and O–H groups in total. The van der Waals surface area contributed by atoms with Gasteiger partial charge in [0.1, 0.15) is 5.82 Å². The second kappa shape index (κ2) is 7.29. The van der Waals surface area contributed by atoms with Gasteiger partial charge in [-0.15, -0.1) is 11.3 Å². The third-order valence-electron chi connectivity index (χ3n) is 3.43. The molecule has 2 aromatic rings. The molecule has 0 atom stereocenters. The Morgan fingerprint density at radius 2 is 2.19 bits per heavy atom. The predicted octanol–water partition coefficient (Wildman–Crippen LogP) is 3.58. The maximum absolute atomic E-state index is 6.01. The molecule has 0 radical (unpaired) electrons. The van der Waals surface area contributed by atoms with Crippen LogP contribution in [0.5, 0.6) is 0 Å². The van der Waals surface area contributed by atoms with Crippen molar-refractivity contribution >= 4 is 28.8 Å². The summed E-state index contributed by atoms with van der Waals surface area (Å²) < 4.78 is 2.80. The number of hydrogen-bond donors (Lipinski definition) is 1. The molecule has 0 saturated carbocycles. The Hall–Kier alpha value is -1.04. The van der Waals surface area contributed by atoms with E-state index in [2.05, 4.69) is 42.3 Å². The van der Waals surface area contributed by atoms with Gasteiger partial charge in [0, 0.05) is 31.1 Å². The Kier molecular flexibility index (Phi) is 5.67. The number of aromatic nitrogens is 2. The van der Waals surface area contributed by atoms with Crippen molar-refractivity contribution in [2.75, 3.05) is 18.5 Å². The van der Waals surface area contributed by atoms with Crippen LogP contribution in [0.3, 0.4) is 0 Å². The van der Waals surface area contributed by atoms with Crippen LogP contribution in [0.4, 0.5) is 5.82 Å². The third kappa shape index (κ3) is 3.99. The maximum atomic E-state index is 6.01. The molecular formula is C15H23ClN4S. The van der Waals surface area contributed by atoms with Crippen molar-refractivity contribution in [2.45, 2.75) is 33.4 Å². The highest BCUT2D eigenvalue weighted by molar-refractivity contribution is 7.16. The van der Waals surface area contributed by atoms with Gasteiger partial charge in [-0.25, -0.2) is 0 Å². The van der Waals surface area contributed by atoms with Gasteiger partial charge in [0.05, 0.1) is 16.6 Å². The molecule has 0 fully saturated rings. The fourth-order valence-electron chi connectivity index (χ4n) is 2.51. The topological polar surface area (TPSA) is 33.1 Å². The van der Waals surface area contributed by atoms with E-state index in [-0.39, 0.29) is 0 Å². The van der Waals surface area contributed by atoms with Gasteiger partial charge < -0.3 is 10.2 Å². The minimum absolute atomic E-state index is 0.837. The zero-order valence-electron chi connectivity index (χ0n) is 13.1. The van der Waals surface area contributed by atoms with Gasteiger partial charge in [-0.1, -0.05) is 18.5 Å². The molecule has 0 saturated heterocycles. The van der Waals surface area contributed by atoms with Crippen LogP contribution >= 0.6 is 22.9 Å². The second-order valence-corrected chi connectivity index (χ2v) is 7.05. The minimum atomic E-state index is 0.837. The lowest BCUT2D eigenvalue weighted by atomic mass is 10.2. The summed E-state index contributed by atoms with van der Waals surface area (Å²) in [5.41, 5.74) is 2.36. The SMILES string of the molecule is CCCNCc1c(C)nn(C)c1N(C)Cc1ccc(Cl)s1. The lowest BCUT2D eigenvalue weighted by Gasteiger charge is -2.20. The van der Waals surface area contributed by atoms with Crippen LogP contribution in [0.25, 0.3) is 0 Å². The zero-order chi connectivity index (χ0) is 15.4. The Bertz CT molecular complexity index is 591. The largest absolute Gasteiger partial charge is 0.354 e. The quantitative estimate of drug-likeness (QED) is 0.789. The lowest BCUT2D eigenvalue weighted by Crippen LogP contribution is -2.22. The van der Waals surface area contributed by atoms with Gasteiger partial charge in [0.25, 0.3) is 0 Å². The average Bonchev–Trinajstić information content (AvgIpc) is 2.94. The molecule has 0 aliphatic heterocycles. The number of anilines is 1. The summed E-state index contributed by atoms with van der Waals surface area (Å²) in [6, 6.07) is 4.04. The van der Waals surface area contributed by atoms with Crippen molar-refractivity contribution in [1.29, 1.82) is 0 Å². The number of nitrogens with one attached hydrogen (secondary N) is 1. The highest BCUT2D eigenvalue weighted by Crippen LogP contribution is 2.27. The molecule has 0 bridgehead atoms. The van der Waals surface area contributed by atoms with Crippen molar-refractivity contribution in [2.24, 2.45) is 7.05 Å². The van der Waals surface area contributed by atoms with E-state index in [1.54, 1.807) is 11.3 Å². The first-order valence-corrected chi connectivity index (χ1v) is 8.41. The van der Waals surface area contributed by atoms with Gasteiger partial charge in [-0.2, -0.15) is 5.10 Å². The summed E-state index contributed by atoms with van der Waals surface area (Å²) in [5.74, 6) is 1.17. The lowest BCUT2D eigenvalue weighted by molar-refractivity contribution is 0.670. The van der Waals surface area contributed by atoms with E-state index in [9.17, 15) is 0 Å². The summed E-state index contributed by atoms with van der Waals surface area (Å²) in [7, 11) is 4.11. The molecule has 0 unspecified atom stereocenters. The monoisotopic (exact) mass is 326 g/mol. The van der Waals surface area contributed by atoms with Gasteiger partial charge in [-0.3, -0.25) is 4.68 Å². The molecule has 21 heavy (non-hydrogen) atoms. The molecule has 0 aromatic carbocycles. The number of hydrogen-bond acceptors (Lipinski definition) is 4. The normalized spacial score (nSPS) is 11.1. The number of halogens is 1. The van der Waals surface area contributed by atoms with Crippen molar-refractivity contribution in [3.8, 4) is 0 Å². The van der Waals surface area contributed by atoms with E-state index in [0.717, 1.165) is 36.1 Å².